The van der Waals surface area contributed by atoms with Gasteiger partial charge in [-0.2, -0.15) is 0 Å². The molecule has 1 saturated heterocycles. The molecule has 104 valence electrons. The monoisotopic (exact) mass is 264 g/mol. The van der Waals surface area contributed by atoms with Crippen LogP contribution in [0.5, 0.6) is 0 Å². The summed E-state index contributed by atoms with van der Waals surface area (Å²) in [5.74, 6) is 1.99. The highest BCUT2D eigenvalue weighted by Gasteiger charge is 2.63. The Kier molecular flexibility index (Phi) is 2.93. The molecule has 0 aromatic heterocycles. The molecular weight excluding hydrogens is 244 g/mol. The third kappa shape index (κ3) is 1.73. The summed E-state index contributed by atoms with van der Waals surface area (Å²) in [7, 11) is 1.69. The van der Waals surface area contributed by atoms with E-state index in [4.69, 9.17) is 14.2 Å². The molecule has 0 spiro atoms. The molecule has 6 unspecified atom stereocenters. The Morgan fingerprint density at radius 2 is 2.05 bits per heavy atom. The Labute approximate surface area is 113 Å². The van der Waals surface area contributed by atoms with E-state index >= 15 is 0 Å². The van der Waals surface area contributed by atoms with Crippen LogP contribution < -0.4 is 0 Å². The van der Waals surface area contributed by atoms with Crippen molar-refractivity contribution in [2.75, 3.05) is 13.7 Å². The quantitative estimate of drug-likeness (QED) is 0.577. The third-order valence-electron chi connectivity index (χ3n) is 4.88. The van der Waals surface area contributed by atoms with Crippen molar-refractivity contribution >= 4 is 5.97 Å². The number of ether oxygens (including phenoxy) is 3. The maximum atomic E-state index is 11.8. The fourth-order valence-electron chi connectivity index (χ4n) is 4.11. The SMILES string of the molecule is C=C(C)C(=O)OC1C2CC(C3COC(=C)C32)C1OC. The highest BCUT2D eigenvalue weighted by atomic mass is 16.6. The fraction of sp³-hybridized carbons (Fsp3) is 0.667. The molecule has 0 radical (unpaired) electrons. The summed E-state index contributed by atoms with van der Waals surface area (Å²) in [5.41, 5.74) is 0.427. The maximum Gasteiger partial charge on any atom is 0.333 e. The summed E-state index contributed by atoms with van der Waals surface area (Å²) < 4.78 is 16.8. The maximum absolute atomic E-state index is 11.8. The van der Waals surface area contributed by atoms with Crippen LogP contribution in [0.1, 0.15) is 13.3 Å². The minimum absolute atomic E-state index is 0.0240. The molecule has 6 atom stereocenters. The molecule has 3 fully saturated rings. The Hall–Kier alpha value is -1.29. The molecule has 4 heteroatoms. The molecule has 2 aliphatic carbocycles. The standard InChI is InChI=1S/C15H20O4/c1-7(2)15(16)19-14-10-5-9(13(14)17-4)11-6-18-8(3)12(10)11/h9-14H,1,3,5-6H2,2,4H3. The number of methoxy groups -OCH3 is 1. The average molecular weight is 264 g/mol. The lowest BCUT2D eigenvalue weighted by molar-refractivity contribution is -0.158. The first-order chi connectivity index (χ1) is 9.04. The van der Waals surface area contributed by atoms with E-state index in [1.54, 1.807) is 14.0 Å². The number of esters is 1. The number of allylic oxidation sites excluding steroid dienone is 1. The van der Waals surface area contributed by atoms with Crippen LogP contribution in [0, 0.1) is 23.7 Å². The normalized spacial score (nSPS) is 42.9. The second-order valence-corrected chi connectivity index (χ2v) is 5.88. The van der Waals surface area contributed by atoms with Crippen LogP contribution in [0.25, 0.3) is 0 Å². The average Bonchev–Trinajstić information content (AvgIpc) is 3.00. The zero-order valence-corrected chi connectivity index (χ0v) is 11.4. The molecule has 0 amide bonds. The predicted octanol–water partition coefficient (Wildman–Crippen LogP) is 1.92. The number of carbonyl (C=O) groups excluding carboxylic acids is 1. The lowest BCUT2D eigenvalue weighted by atomic mass is 9.77. The molecule has 0 aromatic rings. The van der Waals surface area contributed by atoms with E-state index in [0.29, 0.717) is 23.3 Å². The highest BCUT2D eigenvalue weighted by molar-refractivity contribution is 5.87. The van der Waals surface area contributed by atoms with Gasteiger partial charge < -0.3 is 14.2 Å². The van der Waals surface area contributed by atoms with Crippen molar-refractivity contribution in [2.45, 2.75) is 25.6 Å². The summed E-state index contributed by atoms with van der Waals surface area (Å²) in [6.07, 6.45) is 0.813. The predicted molar refractivity (Wildman–Crippen MR) is 69.2 cm³/mol. The fourth-order valence-corrected chi connectivity index (χ4v) is 4.11. The van der Waals surface area contributed by atoms with Gasteiger partial charge in [-0.3, -0.25) is 0 Å². The number of hydrogen-bond acceptors (Lipinski definition) is 4. The highest BCUT2D eigenvalue weighted by Crippen LogP contribution is 2.59. The second kappa shape index (κ2) is 4.37. The smallest absolute Gasteiger partial charge is 0.333 e. The third-order valence-corrected chi connectivity index (χ3v) is 4.88. The van der Waals surface area contributed by atoms with Gasteiger partial charge in [0.25, 0.3) is 0 Å². The van der Waals surface area contributed by atoms with E-state index in [1.807, 2.05) is 0 Å². The van der Waals surface area contributed by atoms with Gasteiger partial charge in [0.15, 0.2) is 0 Å². The number of fused-ring (bicyclic) bond motifs is 5. The van der Waals surface area contributed by atoms with E-state index in [1.165, 1.54) is 0 Å². The van der Waals surface area contributed by atoms with Crippen LogP contribution in [-0.4, -0.2) is 31.9 Å². The van der Waals surface area contributed by atoms with Gasteiger partial charge in [0.2, 0.25) is 0 Å². The van der Waals surface area contributed by atoms with E-state index < -0.39 is 0 Å². The summed E-state index contributed by atoms with van der Waals surface area (Å²) in [4.78, 5) is 11.8. The molecule has 3 rings (SSSR count). The van der Waals surface area contributed by atoms with Crippen molar-refractivity contribution in [3.8, 4) is 0 Å². The van der Waals surface area contributed by atoms with Crippen molar-refractivity contribution in [1.82, 2.24) is 0 Å². The van der Waals surface area contributed by atoms with E-state index in [2.05, 4.69) is 13.2 Å². The van der Waals surface area contributed by atoms with E-state index in [-0.39, 0.29) is 24.1 Å². The summed E-state index contributed by atoms with van der Waals surface area (Å²) in [6, 6.07) is 0. The van der Waals surface area contributed by atoms with Gasteiger partial charge in [-0.05, 0) is 19.3 Å². The van der Waals surface area contributed by atoms with Crippen LogP contribution in [0.4, 0.5) is 0 Å². The van der Waals surface area contributed by atoms with E-state index in [9.17, 15) is 4.79 Å². The van der Waals surface area contributed by atoms with Gasteiger partial charge in [-0.1, -0.05) is 13.2 Å². The molecule has 1 aliphatic heterocycles. The molecular formula is C15H20O4. The second-order valence-electron chi connectivity index (χ2n) is 5.88. The molecule has 19 heavy (non-hydrogen) atoms. The molecule has 1 heterocycles. The summed E-state index contributed by atoms with van der Waals surface area (Å²) >= 11 is 0. The van der Waals surface area contributed by atoms with Crippen LogP contribution in [-0.2, 0) is 19.0 Å². The Bertz CT molecular complexity index is 441. The largest absolute Gasteiger partial charge is 0.498 e. The Morgan fingerprint density at radius 3 is 2.68 bits per heavy atom. The molecule has 0 N–H and O–H groups in total. The molecule has 0 aromatic carbocycles. The van der Waals surface area contributed by atoms with Gasteiger partial charge in [0.1, 0.15) is 6.10 Å². The van der Waals surface area contributed by atoms with Crippen molar-refractivity contribution in [3.63, 3.8) is 0 Å². The minimum Gasteiger partial charge on any atom is -0.498 e. The van der Waals surface area contributed by atoms with Gasteiger partial charge in [-0.15, -0.1) is 0 Å². The Morgan fingerprint density at radius 1 is 1.32 bits per heavy atom. The molecule has 2 saturated carbocycles. The molecule has 2 bridgehead atoms. The van der Waals surface area contributed by atoms with Crippen LogP contribution >= 0.6 is 0 Å². The lowest BCUT2D eigenvalue weighted by Crippen LogP contribution is -2.44. The molecule has 3 aliphatic rings. The van der Waals surface area contributed by atoms with Crippen LogP contribution in [0.3, 0.4) is 0 Å². The van der Waals surface area contributed by atoms with Crippen molar-refractivity contribution in [2.24, 2.45) is 23.7 Å². The van der Waals surface area contributed by atoms with Gasteiger partial charge in [0.05, 0.1) is 18.5 Å². The zero-order valence-electron chi connectivity index (χ0n) is 11.4. The van der Waals surface area contributed by atoms with E-state index in [0.717, 1.165) is 18.8 Å². The van der Waals surface area contributed by atoms with Crippen LogP contribution in [0.15, 0.2) is 24.5 Å². The van der Waals surface area contributed by atoms with Gasteiger partial charge in [0, 0.05) is 30.4 Å². The first kappa shape index (κ1) is 12.7. The van der Waals surface area contributed by atoms with Crippen molar-refractivity contribution in [3.05, 3.63) is 24.5 Å². The van der Waals surface area contributed by atoms with Crippen molar-refractivity contribution < 1.29 is 19.0 Å². The minimum atomic E-state index is -0.333. The summed E-state index contributed by atoms with van der Waals surface area (Å²) in [6.45, 7) is 10.0. The number of hydrogen-bond donors (Lipinski definition) is 0. The first-order valence-electron chi connectivity index (χ1n) is 6.75. The Balaban J connectivity index is 1.82. The molecule has 4 nitrogen and oxygen atoms in total. The van der Waals surface area contributed by atoms with Crippen LogP contribution in [0.2, 0.25) is 0 Å². The first-order valence-corrected chi connectivity index (χ1v) is 6.75. The van der Waals surface area contributed by atoms with Gasteiger partial charge >= 0.3 is 5.97 Å². The topological polar surface area (TPSA) is 44.8 Å². The van der Waals surface area contributed by atoms with Crippen molar-refractivity contribution in [1.29, 1.82) is 0 Å². The summed E-state index contributed by atoms with van der Waals surface area (Å²) in [5, 5.41) is 0. The zero-order chi connectivity index (χ0) is 13.7. The number of rotatable bonds is 3. The van der Waals surface area contributed by atoms with Gasteiger partial charge in [-0.25, -0.2) is 4.79 Å². The lowest BCUT2D eigenvalue weighted by Gasteiger charge is -2.35. The number of carbonyl (C=O) groups is 1.